The fourth-order valence-corrected chi connectivity index (χ4v) is 4.37. The van der Waals surface area contributed by atoms with Crippen LogP contribution in [0, 0.1) is 5.82 Å². The van der Waals surface area contributed by atoms with Crippen molar-refractivity contribution >= 4 is 49.0 Å². The molecular formula is C19H17FN2O6S2. The maximum atomic E-state index is 14.2. The van der Waals surface area contributed by atoms with E-state index in [1.54, 1.807) is 6.07 Å². The Labute approximate surface area is 175 Å². The van der Waals surface area contributed by atoms with Crippen molar-refractivity contribution < 1.29 is 31.9 Å². The van der Waals surface area contributed by atoms with Gasteiger partial charge in [0.1, 0.15) is 10.7 Å². The zero-order valence-electron chi connectivity index (χ0n) is 15.7. The highest BCUT2D eigenvalue weighted by Crippen LogP contribution is 2.34. The number of benzene rings is 2. The molecule has 0 aliphatic carbocycles. The van der Waals surface area contributed by atoms with Crippen LogP contribution in [0.5, 0.6) is 0 Å². The minimum Gasteiger partial charge on any atom is -0.451 e. The summed E-state index contributed by atoms with van der Waals surface area (Å²) in [6.45, 7) is -0.577. The molecule has 0 spiro atoms. The second-order valence-electron chi connectivity index (χ2n) is 6.15. The van der Waals surface area contributed by atoms with Gasteiger partial charge in [0.2, 0.25) is 10.0 Å². The maximum absolute atomic E-state index is 14.2. The normalized spacial score (nSPS) is 11.4. The molecule has 0 aliphatic heterocycles. The lowest BCUT2D eigenvalue weighted by Crippen LogP contribution is -2.21. The van der Waals surface area contributed by atoms with Crippen molar-refractivity contribution in [3.05, 3.63) is 58.7 Å². The molecule has 0 aliphatic rings. The maximum Gasteiger partial charge on any atom is 0.349 e. The lowest BCUT2D eigenvalue weighted by atomic mass is 10.1. The number of methoxy groups -OCH3 is 1. The monoisotopic (exact) mass is 452 g/mol. The van der Waals surface area contributed by atoms with Crippen molar-refractivity contribution in [1.82, 2.24) is 0 Å². The van der Waals surface area contributed by atoms with Gasteiger partial charge in [0.15, 0.2) is 6.61 Å². The molecule has 0 bridgehead atoms. The number of carbonyl (C=O) groups excluding carboxylic acids is 2. The van der Waals surface area contributed by atoms with E-state index in [0.29, 0.717) is 16.0 Å². The van der Waals surface area contributed by atoms with Crippen LogP contribution < -0.4 is 10.5 Å². The third-order valence-corrected chi connectivity index (χ3v) is 6.14. The van der Waals surface area contributed by atoms with E-state index in [0.717, 1.165) is 11.3 Å². The minimum absolute atomic E-state index is 0.00790. The average molecular weight is 452 g/mol. The molecule has 3 aromatic rings. The standard InChI is InChI=1S/C19H17FN2O6S2/c1-27-9-13-17-14(20)3-2-4-15(17)29-18(13)19(24)28-10-16(23)22-11-5-7-12(8-6-11)30(21,25)26/h2-8H,9-10H2,1H3,(H,22,23)(H2,21,25,26). The number of halogens is 1. The number of carbonyl (C=O) groups is 2. The van der Waals surface area contributed by atoms with Crippen molar-refractivity contribution in [1.29, 1.82) is 0 Å². The number of nitrogens with one attached hydrogen (secondary N) is 1. The SMILES string of the molecule is COCc1c(C(=O)OCC(=O)Nc2ccc(S(N)(=O)=O)cc2)sc2cccc(F)c12. The van der Waals surface area contributed by atoms with Crippen LogP contribution in [-0.4, -0.2) is 34.0 Å². The van der Waals surface area contributed by atoms with Crippen molar-refractivity contribution in [3.8, 4) is 0 Å². The second kappa shape index (κ2) is 8.88. The van der Waals surface area contributed by atoms with E-state index in [9.17, 15) is 22.4 Å². The first kappa shape index (κ1) is 21.8. The van der Waals surface area contributed by atoms with E-state index in [1.807, 2.05) is 0 Å². The molecule has 2 aromatic carbocycles. The van der Waals surface area contributed by atoms with Crippen LogP contribution in [0.3, 0.4) is 0 Å². The number of esters is 1. The van der Waals surface area contributed by atoms with Crippen molar-refractivity contribution in [2.45, 2.75) is 11.5 Å². The fourth-order valence-electron chi connectivity index (χ4n) is 2.74. The summed E-state index contributed by atoms with van der Waals surface area (Å²) in [5, 5.41) is 7.77. The number of hydrogen-bond donors (Lipinski definition) is 2. The third-order valence-electron chi connectivity index (χ3n) is 4.04. The van der Waals surface area contributed by atoms with Crippen molar-refractivity contribution in [2.24, 2.45) is 5.14 Å². The van der Waals surface area contributed by atoms with Gasteiger partial charge in [-0.2, -0.15) is 0 Å². The lowest BCUT2D eigenvalue weighted by molar-refractivity contribution is -0.119. The van der Waals surface area contributed by atoms with Gasteiger partial charge in [-0.05, 0) is 36.4 Å². The minimum atomic E-state index is -3.84. The zero-order chi connectivity index (χ0) is 21.9. The Hall–Kier alpha value is -2.86. The molecule has 0 saturated carbocycles. The summed E-state index contributed by atoms with van der Waals surface area (Å²) >= 11 is 1.05. The molecule has 3 N–H and O–H groups in total. The Morgan fingerprint density at radius 2 is 1.87 bits per heavy atom. The first-order valence-electron chi connectivity index (χ1n) is 8.49. The van der Waals surface area contributed by atoms with Crippen LogP contribution in [0.1, 0.15) is 15.2 Å². The Kier molecular flexibility index (Phi) is 6.46. The first-order chi connectivity index (χ1) is 14.2. The molecule has 0 atom stereocenters. The topological polar surface area (TPSA) is 125 Å². The van der Waals surface area contributed by atoms with Crippen molar-refractivity contribution in [2.75, 3.05) is 19.0 Å². The molecule has 0 unspecified atom stereocenters. The number of amides is 1. The highest BCUT2D eigenvalue weighted by Gasteiger charge is 2.22. The van der Waals surface area contributed by atoms with E-state index >= 15 is 0 Å². The number of fused-ring (bicyclic) bond motifs is 1. The molecule has 1 aromatic heterocycles. The van der Waals surface area contributed by atoms with Gasteiger partial charge in [0.25, 0.3) is 5.91 Å². The zero-order valence-corrected chi connectivity index (χ0v) is 17.3. The molecule has 8 nitrogen and oxygen atoms in total. The molecular weight excluding hydrogens is 435 g/mol. The molecule has 0 saturated heterocycles. The summed E-state index contributed by atoms with van der Waals surface area (Å²) < 4.78 is 47.4. The van der Waals surface area contributed by atoms with Gasteiger partial charge in [-0.25, -0.2) is 22.7 Å². The first-order valence-corrected chi connectivity index (χ1v) is 10.9. The summed E-state index contributed by atoms with van der Waals surface area (Å²) in [5.74, 6) is -1.88. The predicted octanol–water partition coefficient (Wildman–Crippen LogP) is 2.63. The van der Waals surface area contributed by atoms with E-state index in [2.05, 4.69) is 5.32 Å². The average Bonchev–Trinajstić information content (AvgIpc) is 3.06. The highest BCUT2D eigenvalue weighted by atomic mass is 32.2. The Balaban J connectivity index is 1.69. The molecule has 0 radical (unpaired) electrons. The molecule has 0 fully saturated rings. The number of rotatable bonds is 7. The quantitative estimate of drug-likeness (QED) is 0.531. The number of anilines is 1. The van der Waals surface area contributed by atoms with Crippen molar-refractivity contribution in [3.63, 3.8) is 0 Å². The molecule has 3 rings (SSSR count). The van der Waals surface area contributed by atoms with Gasteiger partial charge in [0.05, 0.1) is 11.5 Å². The molecule has 1 amide bonds. The van der Waals surface area contributed by atoms with Gasteiger partial charge in [0, 0.05) is 28.4 Å². The van der Waals surface area contributed by atoms with E-state index < -0.39 is 34.3 Å². The smallest absolute Gasteiger partial charge is 0.349 e. The lowest BCUT2D eigenvalue weighted by Gasteiger charge is -2.08. The Morgan fingerprint density at radius 3 is 2.50 bits per heavy atom. The number of sulfonamides is 1. The van der Waals surface area contributed by atoms with Gasteiger partial charge in [-0.1, -0.05) is 6.07 Å². The second-order valence-corrected chi connectivity index (χ2v) is 8.76. The van der Waals surface area contributed by atoms with Crippen LogP contribution in [0.2, 0.25) is 0 Å². The van der Waals surface area contributed by atoms with Crippen LogP contribution in [0.15, 0.2) is 47.4 Å². The number of nitrogens with two attached hydrogens (primary N) is 1. The third kappa shape index (κ3) is 4.82. The molecule has 30 heavy (non-hydrogen) atoms. The highest BCUT2D eigenvalue weighted by molar-refractivity contribution is 7.89. The van der Waals surface area contributed by atoms with Gasteiger partial charge >= 0.3 is 5.97 Å². The number of primary sulfonamides is 1. The summed E-state index contributed by atoms with van der Waals surface area (Å²) in [4.78, 5) is 24.6. The molecule has 1 heterocycles. The largest absolute Gasteiger partial charge is 0.451 e. The number of ether oxygens (including phenoxy) is 2. The summed E-state index contributed by atoms with van der Waals surface area (Å²) in [7, 11) is -2.42. The molecule has 158 valence electrons. The number of thiophene rings is 1. The van der Waals surface area contributed by atoms with E-state index in [4.69, 9.17) is 14.6 Å². The van der Waals surface area contributed by atoms with E-state index in [-0.39, 0.29) is 21.8 Å². The van der Waals surface area contributed by atoms with Gasteiger partial charge < -0.3 is 14.8 Å². The fraction of sp³-hybridized carbons (Fsp3) is 0.158. The van der Waals surface area contributed by atoms with Gasteiger partial charge in [-0.15, -0.1) is 11.3 Å². The van der Waals surface area contributed by atoms with Crippen LogP contribution in [0.25, 0.3) is 10.1 Å². The predicted molar refractivity (Wildman–Crippen MR) is 109 cm³/mol. The Bertz CT molecular complexity index is 1210. The molecule has 11 heteroatoms. The summed E-state index contributed by atoms with van der Waals surface area (Å²) in [5.41, 5.74) is 0.659. The van der Waals surface area contributed by atoms with Crippen LogP contribution in [0.4, 0.5) is 10.1 Å². The Morgan fingerprint density at radius 1 is 1.17 bits per heavy atom. The van der Waals surface area contributed by atoms with Gasteiger partial charge in [-0.3, -0.25) is 4.79 Å². The summed E-state index contributed by atoms with van der Waals surface area (Å²) in [6, 6.07) is 9.68. The van der Waals surface area contributed by atoms with Crippen LogP contribution >= 0.6 is 11.3 Å². The summed E-state index contributed by atoms with van der Waals surface area (Å²) in [6.07, 6.45) is 0. The number of hydrogen-bond acceptors (Lipinski definition) is 7. The van der Waals surface area contributed by atoms with E-state index in [1.165, 1.54) is 43.5 Å². The van der Waals surface area contributed by atoms with Crippen LogP contribution in [-0.2, 0) is 30.9 Å².